The molecule has 0 heterocycles. The number of rotatable bonds is 8. The minimum atomic E-state index is -0.200. The first-order chi connectivity index (χ1) is 7.86. The van der Waals surface area contributed by atoms with Crippen molar-refractivity contribution in [2.45, 2.75) is 27.7 Å². The van der Waals surface area contributed by atoms with E-state index >= 15 is 0 Å². The summed E-state index contributed by atoms with van der Waals surface area (Å²) in [7, 11) is 0. The Kier molecular flexibility index (Phi) is 7.49. The Morgan fingerprint density at radius 1 is 1.24 bits per heavy atom. The molecule has 100 valence electrons. The molecule has 3 N–H and O–H groups in total. The van der Waals surface area contributed by atoms with Gasteiger partial charge < -0.3 is 0 Å². The minimum absolute atomic E-state index is 0.103. The molecule has 2 amide bonds. The predicted octanol–water partition coefficient (Wildman–Crippen LogP) is -0.0363. The maximum absolute atomic E-state index is 11.8. The molecule has 0 unspecified atom stereocenters. The highest BCUT2D eigenvalue weighted by molar-refractivity contribution is 5.79. The van der Waals surface area contributed by atoms with Crippen molar-refractivity contribution < 1.29 is 9.59 Å². The van der Waals surface area contributed by atoms with Crippen LogP contribution in [0.1, 0.15) is 27.7 Å². The Balaban J connectivity index is 4.25. The Labute approximate surface area is 103 Å². The summed E-state index contributed by atoms with van der Waals surface area (Å²) in [6.07, 6.45) is 0.504. The molecule has 0 aromatic rings. The molecule has 6 heteroatoms. The molecule has 0 saturated carbocycles. The van der Waals surface area contributed by atoms with Crippen LogP contribution < -0.4 is 11.3 Å². The number of hydrogen-bond acceptors (Lipinski definition) is 4. The fourth-order valence-electron chi connectivity index (χ4n) is 1.45. The van der Waals surface area contributed by atoms with Crippen molar-refractivity contribution >= 4 is 12.3 Å². The highest BCUT2D eigenvalue weighted by atomic mass is 16.2. The number of nitrogens with two attached hydrogens (primary N) is 1. The van der Waals surface area contributed by atoms with E-state index in [1.54, 1.807) is 0 Å². The number of hydrazine groups is 2. The molecule has 0 radical (unpaired) electrons. The third kappa shape index (κ3) is 7.70. The van der Waals surface area contributed by atoms with Crippen LogP contribution in [0.4, 0.5) is 0 Å². The second-order valence-electron chi connectivity index (χ2n) is 4.97. The average Bonchev–Trinajstić information content (AvgIpc) is 2.14. The van der Waals surface area contributed by atoms with Crippen LogP contribution in [0.3, 0.4) is 0 Å². The zero-order chi connectivity index (χ0) is 13.4. The molecule has 0 aliphatic carbocycles. The first-order valence-electron chi connectivity index (χ1n) is 5.86. The van der Waals surface area contributed by atoms with Crippen molar-refractivity contribution in [3.63, 3.8) is 0 Å². The summed E-state index contributed by atoms with van der Waals surface area (Å²) in [4.78, 5) is 22.3. The van der Waals surface area contributed by atoms with Crippen LogP contribution in [-0.2, 0) is 9.59 Å². The fraction of sp³-hybridized carbons (Fsp3) is 0.818. The number of nitrogens with one attached hydrogen (secondary N) is 1. The van der Waals surface area contributed by atoms with Gasteiger partial charge in [0, 0.05) is 13.1 Å². The highest BCUT2D eigenvalue weighted by Crippen LogP contribution is 1.98. The number of amides is 2. The van der Waals surface area contributed by atoms with E-state index in [9.17, 15) is 9.59 Å². The lowest BCUT2D eigenvalue weighted by atomic mass is 10.2. The molecule has 0 aromatic carbocycles. The predicted molar refractivity (Wildman–Crippen MR) is 66.3 cm³/mol. The van der Waals surface area contributed by atoms with E-state index in [4.69, 9.17) is 5.84 Å². The number of hydrogen-bond donors (Lipinski definition) is 2. The van der Waals surface area contributed by atoms with Crippen LogP contribution in [0.5, 0.6) is 0 Å². The highest BCUT2D eigenvalue weighted by Gasteiger charge is 2.16. The lowest BCUT2D eigenvalue weighted by molar-refractivity contribution is -0.139. The Morgan fingerprint density at radius 2 is 1.76 bits per heavy atom. The Morgan fingerprint density at radius 3 is 2.18 bits per heavy atom. The van der Waals surface area contributed by atoms with Crippen molar-refractivity contribution in [1.29, 1.82) is 0 Å². The van der Waals surface area contributed by atoms with Gasteiger partial charge in [-0.1, -0.05) is 27.7 Å². The molecular formula is C11H24N4O2. The van der Waals surface area contributed by atoms with Gasteiger partial charge in [0.25, 0.3) is 5.91 Å². The van der Waals surface area contributed by atoms with E-state index < -0.39 is 0 Å². The van der Waals surface area contributed by atoms with Gasteiger partial charge in [0.15, 0.2) is 0 Å². The van der Waals surface area contributed by atoms with Gasteiger partial charge in [0.2, 0.25) is 6.41 Å². The quantitative estimate of drug-likeness (QED) is 0.357. The lowest BCUT2D eigenvalue weighted by Crippen LogP contribution is -2.50. The van der Waals surface area contributed by atoms with Gasteiger partial charge in [-0.15, -0.1) is 0 Å². The Bertz CT molecular complexity index is 244. The van der Waals surface area contributed by atoms with Crippen LogP contribution >= 0.6 is 0 Å². The van der Waals surface area contributed by atoms with Crippen molar-refractivity contribution in [2.75, 3.05) is 19.6 Å². The van der Waals surface area contributed by atoms with E-state index in [0.717, 1.165) is 0 Å². The summed E-state index contributed by atoms with van der Waals surface area (Å²) in [6.45, 7) is 9.23. The SMILES string of the molecule is CC(C)CN(N)CC(=O)N(CC(C)C)NC=O. The maximum atomic E-state index is 11.8. The van der Waals surface area contributed by atoms with Crippen LogP contribution in [0.25, 0.3) is 0 Å². The topological polar surface area (TPSA) is 78.7 Å². The van der Waals surface area contributed by atoms with E-state index in [0.29, 0.717) is 25.4 Å². The smallest absolute Gasteiger partial charge is 0.256 e. The van der Waals surface area contributed by atoms with Crippen LogP contribution in [-0.4, -0.2) is 42.0 Å². The van der Waals surface area contributed by atoms with Gasteiger partial charge in [-0.25, -0.2) is 5.01 Å². The number of nitrogens with zero attached hydrogens (tertiary/aromatic N) is 2. The summed E-state index contributed by atoms with van der Waals surface area (Å²) >= 11 is 0. The molecule has 0 aliphatic rings. The van der Waals surface area contributed by atoms with E-state index in [1.165, 1.54) is 10.0 Å². The molecule has 0 spiro atoms. The monoisotopic (exact) mass is 244 g/mol. The lowest BCUT2D eigenvalue weighted by Gasteiger charge is -2.26. The number of carbonyl (C=O) groups excluding carboxylic acids is 2. The third-order valence-electron chi connectivity index (χ3n) is 2.00. The van der Waals surface area contributed by atoms with Crippen LogP contribution in [0, 0.1) is 11.8 Å². The normalized spacial score (nSPS) is 11.1. The summed E-state index contributed by atoms with van der Waals surface area (Å²) in [5.74, 6) is 6.18. The molecule has 6 nitrogen and oxygen atoms in total. The number of carbonyl (C=O) groups is 2. The van der Waals surface area contributed by atoms with Crippen molar-refractivity contribution in [3.8, 4) is 0 Å². The zero-order valence-corrected chi connectivity index (χ0v) is 11.1. The largest absolute Gasteiger partial charge is 0.277 e. The van der Waals surface area contributed by atoms with Crippen molar-refractivity contribution in [1.82, 2.24) is 15.4 Å². The molecule has 0 rings (SSSR count). The van der Waals surface area contributed by atoms with E-state index in [-0.39, 0.29) is 18.4 Å². The summed E-state index contributed by atoms with van der Waals surface area (Å²) in [6, 6.07) is 0. The summed E-state index contributed by atoms with van der Waals surface area (Å²) in [5, 5.41) is 2.77. The fourth-order valence-corrected chi connectivity index (χ4v) is 1.45. The van der Waals surface area contributed by atoms with Crippen molar-refractivity contribution in [3.05, 3.63) is 0 Å². The molecule has 0 fully saturated rings. The average molecular weight is 244 g/mol. The maximum Gasteiger partial charge on any atom is 0.256 e. The van der Waals surface area contributed by atoms with Crippen molar-refractivity contribution in [2.24, 2.45) is 17.7 Å². The standard InChI is InChI=1S/C11H24N4O2/c1-9(2)5-14(12)7-11(17)15(13-8-16)6-10(3)4/h8-10H,5-7,12H2,1-4H3,(H,13,16). The van der Waals surface area contributed by atoms with Gasteiger partial charge >= 0.3 is 0 Å². The van der Waals surface area contributed by atoms with Gasteiger partial charge in [-0.2, -0.15) is 0 Å². The minimum Gasteiger partial charge on any atom is -0.277 e. The third-order valence-corrected chi connectivity index (χ3v) is 2.00. The molecular weight excluding hydrogens is 220 g/mol. The van der Waals surface area contributed by atoms with Gasteiger partial charge in [0.05, 0.1) is 6.54 Å². The summed E-state index contributed by atoms with van der Waals surface area (Å²) < 4.78 is 0. The molecule has 17 heavy (non-hydrogen) atoms. The summed E-state index contributed by atoms with van der Waals surface area (Å²) in [5.41, 5.74) is 2.39. The Hall–Kier alpha value is -1.14. The molecule has 0 bridgehead atoms. The second kappa shape index (κ2) is 8.03. The zero-order valence-electron chi connectivity index (χ0n) is 11.1. The van der Waals surface area contributed by atoms with Gasteiger partial charge in [0.1, 0.15) is 0 Å². The van der Waals surface area contributed by atoms with Gasteiger partial charge in [-0.05, 0) is 11.8 Å². The molecule has 0 aliphatic heterocycles. The van der Waals surface area contributed by atoms with E-state index in [1.807, 2.05) is 27.7 Å². The molecule has 0 saturated heterocycles. The first kappa shape index (κ1) is 15.9. The first-order valence-corrected chi connectivity index (χ1v) is 5.86. The van der Waals surface area contributed by atoms with E-state index in [2.05, 4.69) is 5.43 Å². The van der Waals surface area contributed by atoms with Crippen LogP contribution in [0.2, 0.25) is 0 Å². The second-order valence-corrected chi connectivity index (χ2v) is 4.97. The van der Waals surface area contributed by atoms with Crippen LogP contribution in [0.15, 0.2) is 0 Å². The molecule has 0 atom stereocenters. The molecule has 0 aromatic heterocycles. The van der Waals surface area contributed by atoms with Gasteiger partial charge in [-0.3, -0.25) is 25.9 Å².